The number of carbonyl (C=O) groups is 4. The summed E-state index contributed by atoms with van der Waals surface area (Å²) in [5.74, 6) is -0.424. The van der Waals surface area contributed by atoms with Gasteiger partial charge >= 0.3 is 24.1 Å². The van der Waals surface area contributed by atoms with E-state index >= 15 is 0 Å². The number of likely N-dealkylation sites (tertiary alicyclic amines) is 2. The van der Waals surface area contributed by atoms with Gasteiger partial charge in [0, 0.05) is 19.6 Å². The molecule has 0 aromatic rings. The number of unbranched alkanes of at least 4 members (excludes halogenated alkanes) is 1. The highest BCUT2D eigenvalue weighted by Gasteiger charge is 2.45. The topological polar surface area (TPSA) is 165 Å². The Balaban J connectivity index is 1.40. The number of nitrogens with two attached hydrogens (primary N) is 1. The molecule has 44 heavy (non-hydrogen) atoms. The number of amidine groups is 1. The second-order valence-corrected chi connectivity index (χ2v) is 13.3. The van der Waals surface area contributed by atoms with Crippen molar-refractivity contribution >= 4 is 30.0 Å². The molecule has 2 amide bonds. The quantitative estimate of drug-likeness (QED) is 0.102. The third kappa shape index (κ3) is 9.97. The number of nitrogens with zero attached hydrogens (tertiary/aromatic N) is 3. The van der Waals surface area contributed by atoms with E-state index in [9.17, 15) is 19.2 Å². The summed E-state index contributed by atoms with van der Waals surface area (Å²) in [6.45, 7) is 12.9. The lowest BCUT2D eigenvalue weighted by Crippen LogP contribution is -2.53. The maximum Gasteiger partial charge on any atom is 0.410 e. The monoisotopic (exact) mass is 623 g/mol. The smallest absolute Gasteiger partial charge is 0.410 e. The predicted molar refractivity (Wildman–Crippen MR) is 163 cm³/mol. The van der Waals surface area contributed by atoms with Crippen molar-refractivity contribution < 1.29 is 38.1 Å². The van der Waals surface area contributed by atoms with Crippen molar-refractivity contribution in [1.82, 2.24) is 14.7 Å². The number of nitrogens with one attached hydrogen (secondary N) is 1. The third-order valence-corrected chi connectivity index (χ3v) is 8.71. The van der Waals surface area contributed by atoms with E-state index in [0.717, 1.165) is 25.7 Å². The molecule has 0 aromatic carbocycles. The Morgan fingerprint density at radius 1 is 1.07 bits per heavy atom. The number of rotatable bonds is 13. The van der Waals surface area contributed by atoms with Crippen LogP contribution in [0.3, 0.4) is 0 Å². The first-order valence-electron chi connectivity index (χ1n) is 16.1. The molecule has 3 aliphatic heterocycles. The molecule has 3 atom stereocenters. The molecule has 250 valence electrons. The normalized spacial score (nSPS) is 24.0. The molecule has 0 spiro atoms. The molecule has 3 N–H and O–H groups in total. The van der Waals surface area contributed by atoms with Gasteiger partial charge < -0.3 is 29.6 Å². The van der Waals surface area contributed by atoms with Crippen molar-refractivity contribution in [2.24, 2.45) is 17.1 Å². The summed E-state index contributed by atoms with van der Waals surface area (Å²) in [5, 5.41) is 8.02. The molecule has 13 heteroatoms. The number of piperidine rings is 2. The molecule has 3 fully saturated rings. The van der Waals surface area contributed by atoms with Gasteiger partial charge in [-0.3, -0.25) is 24.8 Å². The molecular formula is C31H53N5O8. The van der Waals surface area contributed by atoms with E-state index in [-0.39, 0.29) is 49.6 Å². The third-order valence-electron chi connectivity index (χ3n) is 8.71. The van der Waals surface area contributed by atoms with Gasteiger partial charge in [-0.15, -0.1) is 0 Å². The van der Waals surface area contributed by atoms with Crippen LogP contribution in [0, 0.1) is 16.7 Å². The Labute approximate surface area is 261 Å². The van der Waals surface area contributed by atoms with E-state index in [0.29, 0.717) is 64.4 Å². The summed E-state index contributed by atoms with van der Waals surface area (Å²) in [4.78, 5) is 55.7. The first kappa shape index (κ1) is 35.4. The van der Waals surface area contributed by atoms with Crippen LogP contribution in [0.5, 0.6) is 0 Å². The van der Waals surface area contributed by atoms with Crippen molar-refractivity contribution in [3.8, 4) is 0 Å². The SMILES string of the molecule is CCOC(=O)CC1(C(=O)OCC)CCN(CC2CN(CCCCC3CCN(C(=O)OC(C)(C)C)C(C(=N)N)C3)C(=O)O2)CC1. The van der Waals surface area contributed by atoms with Crippen LogP contribution >= 0.6 is 0 Å². The van der Waals surface area contributed by atoms with E-state index in [1.54, 1.807) is 23.6 Å². The summed E-state index contributed by atoms with van der Waals surface area (Å²) >= 11 is 0. The number of cyclic esters (lactones) is 1. The first-order valence-corrected chi connectivity index (χ1v) is 16.1. The number of hydrogen-bond acceptors (Lipinski definition) is 10. The van der Waals surface area contributed by atoms with E-state index in [1.165, 1.54) is 0 Å². The van der Waals surface area contributed by atoms with Crippen LogP contribution in [-0.2, 0) is 28.5 Å². The molecule has 0 bridgehead atoms. The number of ether oxygens (including phenoxy) is 4. The minimum absolute atomic E-state index is 0.0119. The van der Waals surface area contributed by atoms with Gasteiger partial charge in [0.1, 0.15) is 17.5 Å². The van der Waals surface area contributed by atoms with E-state index < -0.39 is 23.2 Å². The van der Waals surface area contributed by atoms with Gasteiger partial charge in [-0.25, -0.2) is 9.59 Å². The fraction of sp³-hybridized carbons (Fsp3) is 0.839. The van der Waals surface area contributed by atoms with Crippen molar-refractivity contribution in [2.45, 2.75) is 104 Å². The van der Waals surface area contributed by atoms with Crippen LogP contribution in [0.25, 0.3) is 0 Å². The number of amides is 2. The van der Waals surface area contributed by atoms with Gasteiger partial charge in [-0.2, -0.15) is 0 Å². The molecule has 3 aliphatic rings. The van der Waals surface area contributed by atoms with Gasteiger partial charge in [0.25, 0.3) is 0 Å². The van der Waals surface area contributed by atoms with E-state index in [2.05, 4.69) is 4.90 Å². The molecular weight excluding hydrogens is 570 g/mol. The number of esters is 2. The molecule has 0 aromatic heterocycles. The summed E-state index contributed by atoms with van der Waals surface area (Å²) in [6.07, 6.45) is 4.12. The van der Waals surface area contributed by atoms with Crippen LogP contribution < -0.4 is 5.73 Å². The zero-order valence-electron chi connectivity index (χ0n) is 27.2. The van der Waals surface area contributed by atoms with Gasteiger partial charge in [-0.1, -0.05) is 12.8 Å². The van der Waals surface area contributed by atoms with Crippen molar-refractivity contribution in [3.05, 3.63) is 0 Å². The van der Waals surface area contributed by atoms with Gasteiger partial charge in [0.05, 0.1) is 37.6 Å². The minimum Gasteiger partial charge on any atom is -0.466 e. The average molecular weight is 624 g/mol. The fourth-order valence-electron chi connectivity index (χ4n) is 6.40. The predicted octanol–water partition coefficient (Wildman–Crippen LogP) is 3.53. The van der Waals surface area contributed by atoms with E-state index in [1.807, 2.05) is 20.8 Å². The highest BCUT2D eigenvalue weighted by atomic mass is 16.6. The first-order chi connectivity index (χ1) is 20.8. The second kappa shape index (κ2) is 15.8. The van der Waals surface area contributed by atoms with Crippen molar-refractivity contribution in [3.63, 3.8) is 0 Å². The van der Waals surface area contributed by atoms with Gasteiger partial charge in [-0.05, 0) is 85.7 Å². The molecule has 3 rings (SSSR count). The van der Waals surface area contributed by atoms with Crippen molar-refractivity contribution in [2.75, 3.05) is 52.5 Å². The summed E-state index contributed by atoms with van der Waals surface area (Å²) in [6, 6.07) is -0.458. The zero-order chi connectivity index (χ0) is 32.5. The van der Waals surface area contributed by atoms with Crippen LogP contribution in [0.4, 0.5) is 9.59 Å². The van der Waals surface area contributed by atoms with Crippen LogP contribution in [0.2, 0.25) is 0 Å². The van der Waals surface area contributed by atoms with Crippen molar-refractivity contribution in [1.29, 1.82) is 5.41 Å². The lowest BCUT2D eigenvalue weighted by molar-refractivity contribution is -0.165. The Morgan fingerprint density at radius 2 is 1.75 bits per heavy atom. The maximum absolute atomic E-state index is 12.8. The molecule has 3 unspecified atom stereocenters. The summed E-state index contributed by atoms with van der Waals surface area (Å²) in [7, 11) is 0. The average Bonchev–Trinajstić information content (AvgIpc) is 3.29. The maximum atomic E-state index is 12.8. The molecule has 3 heterocycles. The molecule has 3 saturated heterocycles. The molecule has 0 radical (unpaired) electrons. The Morgan fingerprint density at radius 3 is 2.36 bits per heavy atom. The lowest BCUT2D eigenvalue weighted by atomic mass is 9.75. The van der Waals surface area contributed by atoms with Crippen LogP contribution in [0.15, 0.2) is 0 Å². The van der Waals surface area contributed by atoms with Crippen LogP contribution in [-0.4, -0.2) is 115 Å². The summed E-state index contributed by atoms with van der Waals surface area (Å²) < 4.78 is 21.6. The largest absolute Gasteiger partial charge is 0.466 e. The Hall–Kier alpha value is -3.09. The lowest BCUT2D eigenvalue weighted by Gasteiger charge is -2.39. The highest BCUT2D eigenvalue weighted by molar-refractivity contribution is 5.86. The Bertz CT molecular complexity index is 1020. The zero-order valence-corrected chi connectivity index (χ0v) is 27.2. The summed E-state index contributed by atoms with van der Waals surface area (Å²) in [5.41, 5.74) is 4.36. The molecule has 0 saturated carbocycles. The standard InChI is InChI=1S/C31H53N5O8/c1-6-41-25(37)19-31(27(38)42-7-2)12-16-34(17-13-31)20-23-21-35(28(39)43-23)14-9-8-10-22-11-15-36(24(18-22)26(32)33)29(40)44-30(3,4)5/h22-24H,6-21H2,1-5H3,(H3,32,33). The molecule has 13 nitrogen and oxygen atoms in total. The fourth-order valence-corrected chi connectivity index (χ4v) is 6.40. The minimum atomic E-state index is -0.881. The van der Waals surface area contributed by atoms with Crippen LogP contribution in [0.1, 0.15) is 86.0 Å². The van der Waals surface area contributed by atoms with Gasteiger partial charge in [0.2, 0.25) is 0 Å². The number of carbonyl (C=O) groups excluding carboxylic acids is 4. The molecule has 0 aliphatic carbocycles. The number of hydrogen-bond donors (Lipinski definition) is 2. The van der Waals surface area contributed by atoms with Gasteiger partial charge in [0.15, 0.2) is 0 Å². The van der Waals surface area contributed by atoms with E-state index in [4.69, 9.17) is 30.1 Å². The highest BCUT2D eigenvalue weighted by Crippen LogP contribution is 2.37. The Kier molecular flexibility index (Phi) is 12.7. The second-order valence-electron chi connectivity index (χ2n) is 13.3.